The Morgan fingerprint density at radius 1 is 1.44 bits per heavy atom. The zero-order valence-corrected chi connectivity index (χ0v) is 8.79. The van der Waals surface area contributed by atoms with E-state index in [4.69, 9.17) is 10.5 Å². The van der Waals surface area contributed by atoms with Crippen LogP contribution >= 0.6 is 0 Å². The molecule has 1 aromatic rings. The van der Waals surface area contributed by atoms with Crippen LogP contribution in [0.15, 0.2) is 18.2 Å². The topological polar surface area (TPSA) is 48.1 Å². The van der Waals surface area contributed by atoms with E-state index in [1.165, 1.54) is 19.2 Å². The second-order valence-corrected chi connectivity index (χ2v) is 3.43. The smallest absolute Gasteiger partial charge is 0.383 e. The Labute approximate surface area is 91.4 Å². The minimum atomic E-state index is -4.42. The highest BCUT2D eigenvalue weighted by Crippen LogP contribution is 2.27. The molecule has 1 atom stereocenters. The molecule has 0 saturated heterocycles. The minimum absolute atomic E-state index is 0.262. The lowest BCUT2D eigenvalue weighted by atomic mass is 10.1. The number of pyridine rings is 1. The molecule has 0 saturated carbocycles. The highest BCUT2D eigenvalue weighted by molar-refractivity contribution is 5.14. The summed E-state index contributed by atoms with van der Waals surface area (Å²) in [5.74, 6) is 0. The number of methoxy groups -OCH3 is 1. The van der Waals surface area contributed by atoms with E-state index >= 15 is 0 Å². The van der Waals surface area contributed by atoms with Crippen molar-refractivity contribution in [1.82, 2.24) is 4.98 Å². The molecular formula is C10H13F3N2O. The van der Waals surface area contributed by atoms with Crippen LogP contribution in [0, 0.1) is 0 Å². The summed E-state index contributed by atoms with van der Waals surface area (Å²) in [6.45, 7) is 0.290. The zero-order chi connectivity index (χ0) is 12.2. The van der Waals surface area contributed by atoms with Crippen LogP contribution in [0.3, 0.4) is 0 Å². The number of hydrogen-bond donors (Lipinski definition) is 1. The third-order valence-electron chi connectivity index (χ3n) is 1.95. The lowest BCUT2D eigenvalue weighted by molar-refractivity contribution is -0.141. The van der Waals surface area contributed by atoms with Gasteiger partial charge in [0.25, 0.3) is 0 Å². The number of hydrogen-bond acceptors (Lipinski definition) is 3. The molecule has 0 radical (unpaired) electrons. The largest absolute Gasteiger partial charge is 0.433 e. The maximum atomic E-state index is 12.3. The molecule has 2 N–H and O–H groups in total. The molecule has 0 aliphatic rings. The highest BCUT2D eigenvalue weighted by atomic mass is 19.4. The molecule has 0 aromatic carbocycles. The van der Waals surface area contributed by atoms with E-state index in [2.05, 4.69) is 4.98 Å². The number of nitrogens with zero attached hydrogens (tertiary/aromatic N) is 1. The SMILES string of the molecule is COCC(N)Cc1cccc(C(F)(F)F)n1. The molecule has 0 aliphatic heterocycles. The first-order valence-electron chi connectivity index (χ1n) is 4.71. The van der Waals surface area contributed by atoms with Gasteiger partial charge in [0.1, 0.15) is 5.69 Å². The monoisotopic (exact) mass is 234 g/mol. The molecule has 0 bridgehead atoms. The van der Waals surface area contributed by atoms with Crippen LogP contribution in [0.25, 0.3) is 0 Å². The summed E-state index contributed by atoms with van der Waals surface area (Å²) in [4.78, 5) is 3.51. The van der Waals surface area contributed by atoms with E-state index in [1.807, 2.05) is 0 Å². The van der Waals surface area contributed by atoms with E-state index in [9.17, 15) is 13.2 Å². The van der Waals surface area contributed by atoms with Gasteiger partial charge in [0.2, 0.25) is 0 Å². The maximum Gasteiger partial charge on any atom is 0.433 e. The van der Waals surface area contributed by atoms with Gasteiger partial charge in [-0.1, -0.05) is 6.07 Å². The van der Waals surface area contributed by atoms with Crippen LogP contribution in [0.4, 0.5) is 13.2 Å². The lowest BCUT2D eigenvalue weighted by Gasteiger charge is -2.11. The third kappa shape index (κ3) is 3.79. The summed E-state index contributed by atoms with van der Waals surface area (Å²) in [6.07, 6.45) is -4.15. The van der Waals surface area contributed by atoms with E-state index in [0.29, 0.717) is 5.69 Å². The number of nitrogens with two attached hydrogens (primary N) is 1. The van der Waals surface area contributed by atoms with Gasteiger partial charge in [-0.2, -0.15) is 13.2 Å². The van der Waals surface area contributed by atoms with Gasteiger partial charge in [0, 0.05) is 25.3 Å². The van der Waals surface area contributed by atoms with E-state index in [0.717, 1.165) is 6.07 Å². The normalized spacial score (nSPS) is 13.8. The number of alkyl halides is 3. The van der Waals surface area contributed by atoms with Crippen LogP contribution < -0.4 is 5.73 Å². The quantitative estimate of drug-likeness (QED) is 0.861. The molecule has 3 nitrogen and oxygen atoms in total. The van der Waals surface area contributed by atoms with Crippen LogP contribution in [0.5, 0.6) is 0 Å². The first kappa shape index (κ1) is 12.9. The van der Waals surface area contributed by atoms with Gasteiger partial charge in [-0.3, -0.25) is 0 Å². The van der Waals surface area contributed by atoms with Gasteiger partial charge in [0.15, 0.2) is 0 Å². The summed E-state index contributed by atoms with van der Waals surface area (Å²) >= 11 is 0. The molecule has 6 heteroatoms. The van der Waals surface area contributed by atoms with Crippen molar-refractivity contribution in [1.29, 1.82) is 0 Å². The minimum Gasteiger partial charge on any atom is -0.383 e. The molecular weight excluding hydrogens is 221 g/mol. The summed E-state index contributed by atoms with van der Waals surface area (Å²) in [6, 6.07) is 3.43. The Morgan fingerprint density at radius 2 is 2.12 bits per heavy atom. The molecule has 0 amide bonds. The third-order valence-corrected chi connectivity index (χ3v) is 1.95. The fourth-order valence-corrected chi connectivity index (χ4v) is 1.29. The van der Waals surface area contributed by atoms with Gasteiger partial charge in [-0.25, -0.2) is 4.98 Å². The van der Waals surface area contributed by atoms with Gasteiger partial charge >= 0.3 is 6.18 Å². The van der Waals surface area contributed by atoms with E-state index < -0.39 is 11.9 Å². The fourth-order valence-electron chi connectivity index (χ4n) is 1.29. The summed E-state index contributed by atoms with van der Waals surface area (Å²) in [7, 11) is 1.49. The second-order valence-electron chi connectivity index (χ2n) is 3.43. The van der Waals surface area contributed by atoms with Gasteiger partial charge in [-0.15, -0.1) is 0 Å². The van der Waals surface area contributed by atoms with Crippen LogP contribution in [-0.2, 0) is 17.3 Å². The lowest BCUT2D eigenvalue weighted by Crippen LogP contribution is -2.28. The fraction of sp³-hybridized carbons (Fsp3) is 0.500. The average molecular weight is 234 g/mol. The van der Waals surface area contributed by atoms with Crippen molar-refractivity contribution < 1.29 is 17.9 Å². The maximum absolute atomic E-state index is 12.3. The summed E-state index contributed by atoms with van der Waals surface area (Å²) < 4.78 is 41.8. The van der Waals surface area contributed by atoms with Crippen molar-refractivity contribution in [2.24, 2.45) is 5.73 Å². The van der Waals surface area contributed by atoms with Crippen molar-refractivity contribution in [2.45, 2.75) is 18.6 Å². The number of rotatable bonds is 4. The standard InChI is InChI=1S/C10H13F3N2O/c1-16-6-7(14)5-8-3-2-4-9(15-8)10(11,12)13/h2-4,7H,5-6,14H2,1H3. The Hall–Kier alpha value is -1.14. The zero-order valence-electron chi connectivity index (χ0n) is 8.79. The summed E-state index contributed by atoms with van der Waals surface area (Å²) in [5.41, 5.74) is 5.05. The molecule has 0 fully saturated rings. The predicted octanol–water partition coefficient (Wildman–Crippen LogP) is 1.62. The predicted molar refractivity (Wildman–Crippen MR) is 52.8 cm³/mol. The van der Waals surface area contributed by atoms with Gasteiger partial charge < -0.3 is 10.5 Å². The average Bonchev–Trinajstić information content (AvgIpc) is 2.17. The van der Waals surface area contributed by atoms with Crippen molar-refractivity contribution in [2.75, 3.05) is 13.7 Å². The second kappa shape index (κ2) is 5.27. The highest BCUT2D eigenvalue weighted by Gasteiger charge is 2.32. The first-order valence-corrected chi connectivity index (χ1v) is 4.71. The molecule has 16 heavy (non-hydrogen) atoms. The first-order chi connectivity index (χ1) is 7.43. The molecule has 0 spiro atoms. The van der Waals surface area contributed by atoms with Crippen LogP contribution in [0.2, 0.25) is 0 Å². The van der Waals surface area contributed by atoms with Crippen LogP contribution in [-0.4, -0.2) is 24.7 Å². The molecule has 1 heterocycles. The number of halogens is 3. The summed E-state index contributed by atoms with van der Waals surface area (Å²) in [5, 5.41) is 0. The van der Waals surface area contributed by atoms with Gasteiger partial charge in [0.05, 0.1) is 6.61 Å². The van der Waals surface area contributed by atoms with Crippen molar-refractivity contribution in [3.63, 3.8) is 0 Å². The Kier molecular flexibility index (Phi) is 4.26. The molecule has 90 valence electrons. The van der Waals surface area contributed by atoms with Crippen molar-refractivity contribution in [3.05, 3.63) is 29.6 Å². The Balaban J connectivity index is 2.75. The van der Waals surface area contributed by atoms with Crippen LogP contribution in [0.1, 0.15) is 11.4 Å². The Morgan fingerprint density at radius 3 is 2.69 bits per heavy atom. The molecule has 1 unspecified atom stereocenters. The van der Waals surface area contributed by atoms with Crippen molar-refractivity contribution in [3.8, 4) is 0 Å². The molecule has 1 rings (SSSR count). The Bertz CT molecular complexity index is 341. The van der Waals surface area contributed by atoms with E-state index in [-0.39, 0.29) is 19.1 Å². The number of aromatic nitrogens is 1. The molecule has 0 aliphatic carbocycles. The van der Waals surface area contributed by atoms with Gasteiger partial charge in [-0.05, 0) is 12.1 Å². The van der Waals surface area contributed by atoms with Crippen molar-refractivity contribution >= 4 is 0 Å². The molecule has 1 aromatic heterocycles. The van der Waals surface area contributed by atoms with E-state index in [1.54, 1.807) is 0 Å². The number of ether oxygens (including phenoxy) is 1.